The topological polar surface area (TPSA) is 76.0 Å². The van der Waals surface area contributed by atoms with Crippen molar-refractivity contribution < 1.29 is 23.9 Å². The van der Waals surface area contributed by atoms with Gasteiger partial charge in [-0.3, -0.25) is 4.79 Å². The van der Waals surface area contributed by atoms with Crippen molar-refractivity contribution in [2.75, 3.05) is 13.2 Å². The first-order valence-electron chi connectivity index (χ1n) is 13.4. The highest BCUT2D eigenvalue weighted by Crippen LogP contribution is 2.12. The SMILES string of the molecule is CCCCC/C=C\C/C=C\CCCCCCCC(=O)OCC(O)CO.C[Si](C)(C)O[Si](C)(C)C. The molecule has 0 saturated carbocycles. The maximum absolute atomic E-state index is 11.4. The number of aliphatic hydroxyl groups is 2. The van der Waals surface area contributed by atoms with Gasteiger partial charge in [-0.15, -0.1) is 0 Å². The molecule has 0 aromatic heterocycles. The van der Waals surface area contributed by atoms with Crippen LogP contribution in [-0.2, 0) is 13.6 Å². The molecular formula is C27H56O5Si2. The number of hydrogen-bond acceptors (Lipinski definition) is 5. The number of allylic oxidation sites excluding steroid dienone is 4. The molecule has 0 saturated heterocycles. The third kappa shape index (κ3) is 33.4. The Balaban J connectivity index is 0. The van der Waals surface area contributed by atoms with Gasteiger partial charge < -0.3 is 19.1 Å². The van der Waals surface area contributed by atoms with Gasteiger partial charge in [0, 0.05) is 6.42 Å². The minimum atomic E-state index is -1.23. The number of carbonyl (C=O) groups is 1. The molecule has 5 nitrogen and oxygen atoms in total. The Morgan fingerprint density at radius 1 is 0.794 bits per heavy atom. The summed E-state index contributed by atoms with van der Waals surface area (Å²) in [6, 6.07) is 0. The summed E-state index contributed by atoms with van der Waals surface area (Å²) >= 11 is 0. The number of hydrogen-bond donors (Lipinski definition) is 2. The van der Waals surface area contributed by atoms with E-state index in [9.17, 15) is 4.79 Å². The summed E-state index contributed by atoms with van der Waals surface area (Å²) in [7, 11) is -2.46. The Kier molecular flexibility index (Phi) is 23.7. The molecule has 2 N–H and O–H groups in total. The van der Waals surface area contributed by atoms with E-state index in [1.807, 2.05) is 0 Å². The number of esters is 1. The van der Waals surface area contributed by atoms with E-state index in [0.29, 0.717) is 6.42 Å². The third-order valence-corrected chi connectivity index (χ3v) is 9.49. The fourth-order valence-electron chi connectivity index (χ4n) is 3.31. The average molecular weight is 517 g/mol. The van der Waals surface area contributed by atoms with Gasteiger partial charge in [-0.05, 0) is 77.8 Å². The number of ether oxygens (including phenoxy) is 1. The van der Waals surface area contributed by atoms with E-state index in [0.717, 1.165) is 32.1 Å². The van der Waals surface area contributed by atoms with Crippen LogP contribution in [0.4, 0.5) is 0 Å². The lowest BCUT2D eigenvalue weighted by atomic mass is 10.1. The van der Waals surface area contributed by atoms with Gasteiger partial charge in [0.05, 0.1) is 6.61 Å². The van der Waals surface area contributed by atoms with E-state index in [1.54, 1.807) is 0 Å². The van der Waals surface area contributed by atoms with E-state index in [4.69, 9.17) is 19.1 Å². The molecule has 0 aliphatic carbocycles. The van der Waals surface area contributed by atoms with Crippen LogP contribution in [0.3, 0.4) is 0 Å². The molecule has 0 radical (unpaired) electrons. The molecule has 0 aliphatic heterocycles. The normalized spacial score (nSPS) is 13.2. The number of unbranched alkanes of at least 4 members (excludes halogenated alkanes) is 8. The predicted octanol–water partition coefficient (Wildman–Crippen LogP) is 7.37. The highest BCUT2D eigenvalue weighted by molar-refractivity contribution is 6.83. The lowest BCUT2D eigenvalue weighted by Gasteiger charge is -2.27. The van der Waals surface area contributed by atoms with Crippen LogP contribution in [-0.4, -0.2) is 52.1 Å². The number of rotatable bonds is 19. The Labute approximate surface area is 213 Å². The molecule has 0 aromatic carbocycles. The van der Waals surface area contributed by atoms with Crippen molar-refractivity contribution in [1.29, 1.82) is 0 Å². The monoisotopic (exact) mass is 516 g/mol. The molecule has 0 aromatic rings. The zero-order valence-corrected chi connectivity index (χ0v) is 25.4. The van der Waals surface area contributed by atoms with Gasteiger partial charge in [0.15, 0.2) is 16.6 Å². The van der Waals surface area contributed by atoms with Crippen LogP contribution in [0.15, 0.2) is 24.3 Å². The van der Waals surface area contributed by atoms with Gasteiger partial charge in [-0.2, -0.15) is 0 Å². The van der Waals surface area contributed by atoms with Gasteiger partial charge in [0.2, 0.25) is 0 Å². The summed E-state index contributed by atoms with van der Waals surface area (Å²) in [5.74, 6) is -0.293. The lowest BCUT2D eigenvalue weighted by Crippen LogP contribution is -2.39. The van der Waals surface area contributed by atoms with Crippen LogP contribution in [0.25, 0.3) is 0 Å². The molecule has 0 amide bonds. The molecule has 0 bridgehead atoms. The largest absolute Gasteiger partial charge is 0.463 e. The smallest absolute Gasteiger partial charge is 0.305 e. The highest BCUT2D eigenvalue weighted by atomic mass is 28.4. The van der Waals surface area contributed by atoms with Crippen LogP contribution < -0.4 is 0 Å². The van der Waals surface area contributed by atoms with Crippen LogP contribution >= 0.6 is 0 Å². The Morgan fingerprint density at radius 3 is 1.76 bits per heavy atom. The summed E-state index contributed by atoms with van der Waals surface area (Å²) < 4.78 is 10.8. The third-order valence-electron chi connectivity index (χ3n) is 4.59. The van der Waals surface area contributed by atoms with Crippen LogP contribution in [0.5, 0.6) is 0 Å². The standard InChI is InChI=1S/C21H38O4.C6H18OSi2/c1-2-3-4-5-6-7-8-9-10-11-12-13-14-15-16-17-21(24)25-19-20(23)18-22;1-8(2,3)7-9(4,5)6/h6-7,9-10,20,22-23H,2-5,8,11-19H2,1H3;1-6H3/b7-6-,10-9-;. The molecule has 0 aliphatic rings. The zero-order chi connectivity index (χ0) is 26.3. The minimum Gasteiger partial charge on any atom is -0.463 e. The first-order chi connectivity index (χ1) is 15.9. The molecule has 1 unspecified atom stereocenters. The maximum atomic E-state index is 11.4. The summed E-state index contributed by atoms with van der Waals surface area (Å²) in [5, 5.41) is 17.7. The second kappa shape index (κ2) is 22.7. The van der Waals surface area contributed by atoms with Crippen molar-refractivity contribution in [3.8, 4) is 0 Å². The van der Waals surface area contributed by atoms with E-state index in [-0.39, 0.29) is 19.2 Å². The average Bonchev–Trinajstić information content (AvgIpc) is 2.72. The van der Waals surface area contributed by atoms with E-state index in [2.05, 4.69) is 70.5 Å². The Hall–Kier alpha value is -0.736. The van der Waals surface area contributed by atoms with E-state index in [1.165, 1.54) is 38.5 Å². The summed E-state index contributed by atoms with van der Waals surface area (Å²) in [6.45, 7) is 15.2. The first-order valence-corrected chi connectivity index (χ1v) is 20.2. The van der Waals surface area contributed by atoms with Crippen LogP contribution in [0.1, 0.15) is 84.0 Å². The van der Waals surface area contributed by atoms with E-state index < -0.39 is 22.7 Å². The van der Waals surface area contributed by atoms with Crippen LogP contribution in [0.2, 0.25) is 39.3 Å². The molecule has 7 heteroatoms. The second-order valence-electron chi connectivity index (χ2n) is 10.8. The van der Waals surface area contributed by atoms with Gasteiger partial charge in [0.1, 0.15) is 12.7 Å². The van der Waals surface area contributed by atoms with Crippen molar-refractivity contribution in [3.63, 3.8) is 0 Å². The fourth-order valence-corrected chi connectivity index (χ4v) is 10.7. The molecule has 0 fully saturated rings. The predicted molar refractivity (Wildman–Crippen MR) is 151 cm³/mol. The van der Waals surface area contributed by atoms with Gasteiger partial charge in [-0.25, -0.2) is 0 Å². The Morgan fingerprint density at radius 2 is 1.29 bits per heavy atom. The Bertz CT molecular complexity index is 510. The van der Waals surface area contributed by atoms with Crippen molar-refractivity contribution in [3.05, 3.63) is 24.3 Å². The zero-order valence-electron chi connectivity index (χ0n) is 23.4. The van der Waals surface area contributed by atoms with E-state index >= 15 is 0 Å². The van der Waals surface area contributed by atoms with Gasteiger partial charge in [0.25, 0.3) is 0 Å². The molecule has 0 spiro atoms. The number of carbonyl (C=O) groups excluding carboxylic acids is 1. The van der Waals surface area contributed by atoms with Gasteiger partial charge in [-0.1, -0.05) is 63.3 Å². The molecular weight excluding hydrogens is 460 g/mol. The quantitative estimate of drug-likeness (QED) is 0.0811. The maximum Gasteiger partial charge on any atom is 0.305 e. The molecule has 202 valence electrons. The fraction of sp³-hybridized carbons (Fsp3) is 0.815. The van der Waals surface area contributed by atoms with Crippen molar-refractivity contribution in [1.82, 2.24) is 0 Å². The highest BCUT2D eigenvalue weighted by Gasteiger charge is 2.24. The minimum absolute atomic E-state index is 0.115. The molecule has 0 rings (SSSR count). The summed E-state index contributed by atoms with van der Waals surface area (Å²) in [5.41, 5.74) is 0. The lowest BCUT2D eigenvalue weighted by molar-refractivity contribution is -0.147. The van der Waals surface area contributed by atoms with Crippen LogP contribution in [0, 0.1) is 0 Å². The van der Waals surface area contributed by atoms with Gasteiger partial charge >= 0.3 is 5.97 Å². The van der Waals surface area contributed by atoms with Crippen molar-refractivity contribution in [2.45, 2.75) is 129 Å². The van der Waals surface area contributed by atoms with Crippen molar-refractivity contribution >= 4 is 22.6 Å². The molecule has 34 heavy (non-hydrogen) atoms. The molecule has 1 atom stereocenters. The first kappa shape index (κ1) is 35.4. The summed E-state index contributed by atoms with van der Waals surface area (Å²) in [6.07, 6.45) is 21.1. The van der Waals surface area contributed by atoms with Crippen molar-refractivity contribution in [2.24, 2.45) is 0 Å². The summed E-state index contributed by atoms with van der Waals surface area (Å²) in [4.78, 5) is 11.4. The second-order valence-corrected chi connectivity index (χ2v) is 20.1. The molecule has 0 heterocycles. The number of aliphatic hydroxyl groups excluding tert-OH is 2.